The number of carboxylic acid groups (broad SMARTS) is 1. The Morgan fingerprint density at radius 1 is 1.35 bits per heavy atom. The van der Waals surface area contributed by atoms with Crippen molar-refractivity contribution in [3.63, 3.8) is 0 Å². The Bertz CT molecular complexity index is 602. The molecule has 1 atom stereocenters. The molecule has 1 unspecified atom stereocenters. The van der Waals surface area contributed by atoms with Crippen LogP contribution in [0.3, 0.4) is 0 Å². The maximum absolute atomic E-state index is 11.7. The van der Waals surface area contributed by atoms with Crippen LogP contribution in [0.15, 0.2) is 24.3 Å². The van der Waals surface area contributed by atoms with E-state index in [1.165, 1.54) is 0 Å². The first-order valence-corrected chi connectivity index (χ1v) is 7.25. The summed E-state index contributed by atoms with van der Waals surface area (Å²) in [5.74, 6) is 0.112. The van der Waals surface area contributed by atoms with E-state index in [1.807, 2.05) is 42.7 Å². The predicted molar refractivity (Wildman–Crippen MR) is 79.9 cm³/mol. The van der Waals surface area contributed by atoms with E-state index in [4.69, 9.17) is 0 Å². The van der Waals surface area contributed by atoms with Gasteiger partial charge in [-0.25, -0.2) is 9.78 Å². The SMILES string of the molecule is CCCCc1nc2ccccc2n1C(C(=O)O)C(C)C. The molecule has 0 saturated heterocycles. The molecule has 1 N–H and O–H groups in total. The summed E-state index contributed by atoms with van der Waals surface area (Å²) in [7, 11) is 0. The number of nitrogens with zero attached hydrogens (tertiary/aromatic N) is 2. The smallest absolute Gasteiger partial charge is 0.327 e. The van der Waals surface area contributed by atoms with Crippen molar-refractivity contribution in [3.05, 3.63) is 30.1 Å². The lowest BCUT2D eigenvalue weighted by Gasteiger charge is -2.21. The highest BCUT2D eigenvalue weighted by atomic mass is 16.4. The lowest BCUT2D eigenvalue weighted by atomic mass is 10.0. The number of rotatable bonds is 6. The van der Waals surface area contributed by atoms with Gasteiger partial charge in [0, 0.05) is 6.42 Å². The van der Waals surface area contributed by atoms with Gasteiger partial charge in [0.05, 0.1) is 11.0 Å². The number of carboxylic acids is 1. The van der Waals surface area contributed by atoms with Crippen LogP contribution in [0.5, 0.6) is 0 Å². The van der Waals surface area contributed by atoms with E-state index in [0.717, 1.165) is 36.1 Å². The molecular formula is C16H22N2O2. The van der Waals surface area contributed by atoms with Crippen molar-refractivity contribution >= 4 is 17.0 Å². The molecule has 1 aromatic carbocycles. The van der Waals surface area contributed by atoms with Gasteiger partial charge in [0.2, 0.25) is 0 Å². The van der Waals surface area contributed by atoms with Gasteiger partial charge >= 0.3 is 5.97 Å². The summed E-state index contributed by atoms with van der Waals surface area (Å²) in [6, 6.07) is 7.21. The Balaban J connectivity index is 2.60. The topological polar surface area (TPSA) is 55.1 Å². The second kappa shape index (κ2) is 6.07. The number of hydrogen-bond acceptors (Lipinski definition) is 2. The first-order valence-electron chi connectivity index (χ1n) is 7.25. The highest BCUT2D eigenvalue weighted by molar-refractivity contribution is 5.80. The third-order valence-electron chi connectivity index (χ3n) is 3.59. The fourth-order valence-electron chi connectivity index (χ4n) is 2.61. The molecule has 0 amide bonds. The summed E-state index contributed by atoms with van der Waals surface area (Å²) in [5, 5.41) is 9.58. The molecule has 1 heterocycles. The molecule has 0 fully saturated rings. The van der Waals surface area contributed by atoms with Crippen molar-refractivity contribution in [1.29, 1.82) is 0 Å². The number of aliphatic carboxylic acids is 1. The average molecular weight is 274 g/mol. The number of unbranched alkanes of at least 4 members (excludes halogenated alkanes) is 1. The number of carbonyl (C=O) groups is 1. The Morgan fingerprint density at radius 3 is 2.65 bits per heavy atom. The van der Waals surface area contributed by atoms with Gasteiger partial charge in [-0.15, -0.1) is 0 Å². The van der Waals surface area contributed by atoms with Gasteiger partial charge < -0.3 is 9.67 Å². The number of fused-ring (bicyclic) bond motifs is 1. The van der Waals surface area contributed by atoms with Crippen LogP contribution in [0, 0.1) is 5.92 Å². The van der Waals surface area contributed by atoms with Crippen LogP contribution in [-0.2, 0) is 11.2 Å². The van der Waals surface area contributed by atoms with E-state index in [0.29, 0.717) is 0 Å². The van der Waals surface area contributed by atoms with E-state index in [1.54, 1.807) is 0 Å². The third-order valence-corrected chi connectivity index (χ3v) is 3.59. The first-order chi connectivity index (χ1) is 9.56. The normalized spacial score (nSPS) is 13.0. The summed E-state index contributed by atoms with van der Waals surface area (Å²) in [6.07, 6.45) is 2.91. The molecule has 0 aliphatic heterocycles. The van der Waals surface area contributed by atoms with Crippen LogP contribution in [0.1, 0.15) is 45.5 Å². The minimum atomic E-state index is -0.791. The van der Waals surface area contributed by atoms with Crippen molar-refractivity contribution in [3.8, 4) is 0 Å². The summed E-state index contributed by atoms with van der Waals surface area (Å²) >= 11 is 0. The highest BCUT2D eigenvalue weighted by Gasteiger charge is 2.27. The molecule has 0 radical (unpaired) electrons. The molecule has 4 nitrogen and oxygen atoms in total. The lowest BCUT2D eigenvalue weighted by molar-refractivity contribution is -0.142. The predicted octanol–water partition coefficient (Wildman–Crippen LogP) is 3.66. The van der Waals surface area contributed by atoms with Gasteiger partial charge in [-0.05, 0) is 24.5 Å². The molecule has 1 aromatic heterocycles. The van der Waals surface area contributed by atoms with Crippen LogP contribution in [-0.4, -0.2) is 20.6 Å². The van der Waals surface area contributed by atoms with E-state index < -0.39 is 12.0 Å². The van der Waals surface area contributed by atoms with Crippen LogP contribution >= 0.6 is 0 Å². The second-order valence-electron chi connectivity index (χ2n) is 5.52. The zero-order chi connectivity index (χ0) is 14.7. The van der Waals surface area contributed by atoms with E-state index in [9.17, 15) is 9.90 Å². The van der Waals surface area contributed by atoms with E-state index >= 15 is 0 Å². The van der Waals surface area contributed by atoms with Crippen molar-refractivity contribution in [2.75, 3.05) is 0 Å². The highest BCUT2D eigenvalue weighted by Crippen LogP contribution is 2.27. The number of aryl methyl sites for hydroxylation is 1. The number of imidazole rings is 1. The molecule has 2 rings (SSSR count). The molecule has 0 spiro atoms. The molecule has 0 saturated carbocycles. The molecule has 108 valence electrons. The van der Waals surface area contributed by atoms with Gasteiger partial charge in [0.25, 0.3) is 0 Å². The number of para-hydroxylation sites is 2. The Kier molecular flexibility index (Phi) is 4.42. The lowest BCUT2D eigenvalue weighted by Crippen LogP contribution is -2.25. The summed E-state index contributed by atoms with van der Waals surface area (Å²) in [4.78, 5) is 16.3. The van der Waals surface area contributed by atoms with Crippen LogP contribution in [0.2, 0.25) is 0 Å². The average Bonchev–Trinajstić information content (AvgIpc) is 2.74. The monoisotopic (exact) mass is 274 g/mol. The fourth-order valence-corrected chi connectivity index (χ4v) is 2.61. The Labute approximate surface area is 119 Å². The van der Waals surface area contributed by atoms with Gasteiger partial charge in [-0.2, -0.15) is 0 Å². The van der Waals surface area contributed by atoms with Gasteiger partial charge in [-0.1, -0.05) is 39.3 Å². The minimum Gasteiger partial charge on any atom is -0.480 e. The van der Waals surface area contributed by atoms with Crippen molar-refractivity contribution in [2.24, 2.45) is 5.92 Å². The summed E-state index contributed by atoms with van der Waals surface area (Å²) < 4.78 is 1.91. The van der Waals surface area contributed by atoms with E-state index in [2.05, 4.69) is 11.9 Å². The summed E-state index contributed by atoms with van der Waals surface area (Å²) in [5.41, 5.74) is 1.80. The van der Waals surface area contributed by atoms with Gasteiger partial charge in [0.1, 0.15) is 11.9 Å². The van der Waals surface area contributed by atoms with Crippen molar-refractivity contribution in [2.45, 2.75) is 46.1 Å². The minimum absolute atomic E-state index is 0.0190. The summed E-state index contributed by atoms with van der Waals surface area (Å²) in [6.45, 7) is 6.01. The zero-order valence-corrected chi connectivity index (χ0v) is 12.3. The molecule has 0 aliphatic carbocycles. The molecule has 4 heteroatoms. The van der Waals surface area contributed by atoms with Crippen LogP contribution < -0.4 is 0 Å². The largest absolute Gasteiger partial charge is 0.480 e. The molecule has 0 bridgehead atoms. The Morgan fingerprint density at radius 2 is 2.05 bits per heavy atom. The Hall–Kier alpha value is -1.84. The standard InChI is InChI=1S/C16H22N2O2/c1-4-5-10-14-17-12-8-6-7-9-13(12)18(14)15(11(2)3)16(19)20/h6-9,11,15H,4-5,10H2,1-3H3,(H,19,20). The first kappa shape index (κ1) is 14.6. The second-order valence-corrected chi connectivity index (χ2v) is 5.52. The maximum Gasteiger partial charge on any atom is 0.327 e. The van der Waals surface area contributed by atoms with Gasteiger partial charge in [0.15, 0.2) is 0 Å². The zero-order valence-electron chi connectivity index (χ0n) is 12.3. The van der Waals surface area contributed by atoms with Crippen molar-refractivity contribution < 1.29 is 9.90 Å². The molecule has 0 aliphatic rings. The van der Waals surface area contributed by atoms with Crippen LogP contribution in [0.25, 0.3) is 11.0 Å². The number of hydrogen-bond donors (Lipinski definition) is 1. The fraction of sp³-hybridized carbons (Fsp3) is 0.500. The molecular weight excluding hydrogens is 252 g/mol. The third kappa shape index (κ3) is 2.69. The van der Waals surface area contributed by atoms with Crippen molar-refractivity contribution in [1.82, 2.24) is 9.55 Å². The maximum atomic E-state index is 11.7. The number of benzene rings is 1. The molecule has 20 heavy (non-hydrogen) atoms. The van der Waals surface area contributed by atoms with Gasteiger partial charge in [-0.3, -0.25) is 0 Å². The van der Waals surface area contributed by atoms with E-state index in [-0.39, 0.29) is 5.92 Å². The molecule has 2 aromatic rings. The van der Waals surface area contributed by atoms with Crippen LogP contribution in [0.4, 0.5) is 0 Å². The quantitative estimate of drug-likeness (QED) is 0.874. The number of aromatic nitrogens is 2.